The zero-order valence-electron chi connectivity index (χ0n) is 36.3. The lowest BCUT2D eigenvalue weighted by Crippen LogP contribution is -1.96. The second kappa shape index (κ2) is 16.3. The first-order valence-electron chi connectivity index (χ1n) is 22.1. The lowest BCUT2D eigenvalue weighted by atomic mass is 9.97. The minimum atomic E-state index is 0.491. The van der Waals surface area contributed by atoms with E-state index < -0.39 is 0 Å². The predicted molar refractivity (Wildman–Crippen MR) is 277 cm³/mol. The third-order valence-corrected chi connectivity index (χ3v) is 12.8. The summed E-state index contributed by atoms with van der Waals surface area (Å²) in [4.78, 5) is 21.1. The molecule has 0 amide bonds. The molecule has 314 valence electrons. The average Bonchev–Trinajstić information content (AvgIpc) is 3.93. The molecule has 0 radical (unpaired) electrons. The Morgan fingerprint density at radius 2 is 0.824 bits per heavy atom. The van der Waals surface area contributed by atoms with Gasteiger partial charge in [0.2, 0.25) is 0 Å². The van der Waals surface area contributed by atoms with E-state index in [9.17, 15) is 0 Å². The Morgan fingerprint density at radius 1 is 0.324 bits per heavy atom. The molecule has 0 aliphatic carbocycles. The van der Waals surface area contributed by atoms with Crippen molar-refractivity contribution in [3.8, 4) is 67.5 Å². The molecule has 7 nitrogen and oxygen atoms in total. The molecule has 0 fully saturated rings. The maximum Gasteiger partial charge on any atom is 0.195 e. The smallest absolute Gasteiger partial charge is 0.195 e. The summed E-state index contributed by atoms with van der Waals surface area (Å²) in [6.45, 7) is 23.3. The Bertz CT molecular complexity index is 3990. The Morgan fingerprint density at radius 3 is 1.46 bits per heavy atom. The number of hydrogen-bond donors (Lipinski definition) is 0. The number of nitrogens with zero attached hydrogens (tertiary/aromatic N) is 7. The summed E-state index contributed by atoms with van der Waals surface area (Å²) in [7, 11) is 0. The number of para-hydroxylation sites is 3. The monoisotopic (exact) mass is 865 g/mol. The lowest BCUT2D eigenvalue weighted by Gasteiger charge is -2.12. The molecule has 0 aliphatic heterocycles. The van der Waals surface area contributed by atoms with Crippen LogP contribution in [0.4, 0.5) is 17.1 Å². The molecule has 12 aromatic rings. The highest BCUT2D eigenvalue weighted by Gasteiger charge is 2.18. The first kappa shape index (κ1) is 39.7. The molecule has 3 heterocycles. The minimum Gasteiger partial charge on any atom is -0.309 e. The SMILES string of the molecule is [C-]#[N+]c1cccc(-c2cc(-c3ccc(-c4ccc(-c5ccc(-n6c7ccccc7c7cc(-n8c9ccccc9c9ccccc98)ccc76)cc5)c([N+]#[C-])c4)cc3)nc(-c3cccc([N+]#[C-])c3)n2)c1. The van der Waals surface area contributed by atoms with Crippen LogP contribution >= 0.6 is 0 Å². The Hall–Kier alpha value is -9.87. The number of aromatic nitrogens is 4. The van der Waals surface area contributed by atoms with E-state index in [1.807, 2.05) is 72.8 Å². The lowest BCUT2D eigenvalue weighted by molar-refractivity contribution is 1.17. The quantitative estimate of drug-likeness (QED) is 0.150. The number of rotatable bonds is 7. The normalized spacial score (nSPS) is 11.2. The van der Waals surface area contributed by atoms with Gasteiger partial charge in [-0.05, 0) is 101 Å². The van der Waals surface area contributed by atoms with Crippen LogP contribution in [-0.4, -0.2) is 19.1 Å². The van der Waals surface area contributed by atoms with Gasteiger partial charge in [-0.25, -0.2) is 24.5 Å². The fourth-order valence-corrected chi connectivity index (χ4v) is 9.57. The summed E-state index contributed by atoms with van der Waals surface area (Å²) in [6.07, 6.45) is 0. The molecule has 3 aromatic heterocycles. The molecular formula is C61H35N7. The summed E-state index contributed by atoms with van der Waals surface area (Å²) in [6, 6.07) is 71.9. The minimum absolute atomic E-state index is 0.491. The van der Waals surface area contributed by atoms with Gasteiger partial charge in [-0.2, -0.15) is 0 Å². The second-order valence-corrected chi connectivity index (χ2v) is 16.7. The van der Waals surface area contributed by atoms with Crippen LogP contribution in [0.5, 0.6) is 0 Å². The third-order valence-electron chi connectivity index (χ3n) is 12.8. The molecule has 9 aromatic carbocycles. The topological polar surface area (TPSA) is 48.7 Å². The van der Waals surface area contributed by atoms with Crippen LogP contribution in [0.15, 0.2) is 212 Å². The fourth-order valence-electron chi connectivity index (χ4n) is 9.57. The maximum atomic E-state index is 8.24. The molecule has 0 saturated carbocycles. The zero-order valence-corrected chi connectivity index (χ0v) is 36.3. The van der Waals surface area contributed by atoms with Crippen LogP contribution in [-0.2, 0) is 0 Å². The molecule has 68 heavy (non-hydrogen) atoms. The second-order valence-electron chi connectivity index (χ2n) is 16.7. The van der Waals surface area contributed by atoms with E-state index in [1.54, 1.807) is 18.2 Å². The highest BCUT2D eigenvalue weighted by molar-refractivity contribution is 6.12. The summed E-state index contributed by atoms with van der Waals surface area (Å²) < 4.78 is 4.70. The predicted octanol–water partition coefficient (Wildman–Crippen LogP) is 16.7. The van der Waals surface area contributed by atoms with Crippen molar-refractivity contribution in [2.75, 3.05) is 0 Å². The van der Waals surface area contributed by atoms with Crippen LogP contribution in [0.25, 0.3) is 126 Å². The molecule has 0 saturated heterocycles. The van der Waals surface area contributed by atoms with Crippen LogP contribution in [0, 0.1) is 19.7 Å². The van der Waals surface area contributed by atoms with Crippen LogP contribution in [0.2, 0.25) is 0 Å². The molecule has 0 N–H and O–H groups in total. The largest absolute Gasteiger partial charge is 0.309 e. The van der Waals surface area contributed by atoms with Crippen molar-refractivity contribution < 1.29 is 0 Å². The molecule has 0 spiro atoms. The Kier molecular flexibility index (Phi) is 9.51. The van der Waals surface area contributed by atoms with Gasteiger partial charge in [0.15, 0.2) is 22.9 Å². The van der Waals surface area contributed by atoms with Gasteiger partial charge in [0.05, 0.1) is 53.2 Å². The van der Waals surface area contributed by atoms with E-state index in [0.717, 1.165) is 61.4 Å². The number of fused-ring (bicyclic) bond motifs is 6. The van der Waals surface area contributed by atoms with Crippen molar-refractivity contribution in [2.24, 2.45) is 0 Å². The van der Waals surface area contributed by atoms with Gasteiger partial charge in [0.25, 0.3) is 0 Å². The van der Waals surface area contributed by atoms with E-state index in [-0.39, 0.29) is 0 Å². The molecule has 0 aliphatic rings. The molecule has 0 atom stereocenters. The van der Waals surface area contributed by atoms with E-state index >= 15 is 0 Å². The van der Waals surface area contributed by atoms with Crippen molar-refractivity contribution in [1.29, 1.82) is 0 Å². The molecule has 0 unspecified atom stereocenters. The maximum absolute atomic E-state index is 8.24. The van der Waals surface area contributed by atoms with Gasteiger partial charge in [-0.1, -0.05) is 140 Å². The van der Waals surface area contributed by atoms with Crippen molar-refractivity contribution in [1.82, 2.24) is 19.1 Å². The van der Waals surface area contributed by atoms with Crippen LogP contribution in [0.3, 0.4) is 0 Å². The van der Waals surface area contributed by atoms with Gasteiger partial charge in [-0.3, -0.25) is 0 Å². The first-order chi connectivity index (χ1) is 33.5. The van der Waals surface area contributed by atoms with Crippen molar-refractivity contribution in [2.45, 2.75) is 0 Å². The average molecular weight is 866 g/mol. The van der Waals surface area contributed by atoms with Gasteiger partial charge in [0, 0.05) is 44.0 Å². The van der Waals surface area contributed by atoms with Crippen molar-refractivity contribution >= 4 is 60.7 Å². The number of hydrogen-bond acceptors (Lipinski definition) is 2. The van der Waals surface area contributed by atoms with E-state index in [1.165, 1.54) is 32.6 Å². The van der Waals surface area contributed by atoms with Crippen molar-refractivity contribution in [3.05, 3.63) is 247 Å². The van der Waals surface area contributed by atoms with Gasteiger partial charge in [0.1, 0.15) is 0 Å². The fraction of sp³-hybridized carbons (Fsp3) is 0. The summed E-state index contributed by atoms with van der Waals surface area (Å²) in [5.41, 5.74) is 15.9. The van der Waals surface area contributed by atoms with Gasteiger partial charge >= 0.3 is 0 Å². The number of benzene rings is 9. The van der Waals surface area contributed by atoms with Gasteiger partial charge < -0.3 is 9.13 Å². The Balaban J connectivity index is 0.862. The molecule has 7 heteroatoms. The standard InChI is InChI=1S/C61H35N7/c1-62-45-14-10-12-43(34-45)55-38-54(65-61(66-55)44-13-11-15-46(35-44)63-2)41-24-22-39(23-25-41)42-28-32-49(56(36-42)64-3)40-26-29-47(30-27-40)67-59-21-9-6-18-52(59)53-37-48(31-33-60(53)67)68-57-19-7-4-16-50(57)51-17-5-8-20-58(51)68/h4-38H. The highest BCUT2D eigenvalue weighted by atomic mass is 15.0. The molecular weight excluding hydrogens is 831 g/mol. The van der Waals surface area contributed by atoms with E-state index in [4.69, 9.17) is 29.7 Å². The molecule has 12 rings (SSSR count). The summed E-state index contributed by atoms with van der Waals surface area (Å²) in [5.74, 6) is 0.491. The zero-order chi connectivity index (χ0) is 45.7. The molecule has 0 bridgehead atoms. The Labute approximate surface area is 392 Å². The van der Waals surface area contributed by atoms with Crippen molar-refractivity contribution in [3.63, 3.8) is 0 Å². The van der Waals surface area contributed by atoms with Crippen LogP contribution < -0.4 is 0 Å². The van der Waals surface area contributed by atoms with E-state index in [0.29, 0.717) is 34.3 Å². The van der Waals surface area contributed by atoms with Gasteiger partial charge in [-0.15, -0.1) is 0 Å². The van der Waals surface area contributed by atoms with Crippen LogP contribution in [0.1, 0.15) is 0 Å². The van der Waals surface area contributed by atoms with E-state index in [2.05, 4.69) is 145 Å². The highest BCUT2D eigenvalue weighted by Crippen LogP contribution is 2.40. The summed E-state index contributed by atoms with van der Waals surface area (Å²) >= 11 is 0. The summed E-state index contributed by atoms with van der Waals surface area (Å²) in [5, 5.41) is 4.85. The first-order valence-corrected chi connectivity index (χ1v) is 22.1. The third kappa shape index (κ3) is 6.74.